The predicted molar refractivity (Wildman–Crippen MR) is 67.4 cm³/mol. The summed E-state index contributed by atoms with van der Waals surface area (Å²) in [5.41, 5.74) is 5.17. The SMILES string of the molecule is CC(CC(N)=O)C(=O)N1CC(C2CC2)C1C1CC1. The van der Waals surface area contributed by atoms with Crippen molar-refractivity contribution in [3.8, 4) is 0 Å². The number of carbonyl (C=O) groups excluding carboxylic acids is 2. The third-order valence-electron chi connectivity index (χ3n) is 4.75. The second-order valence-electron chi connectivity index (χ2n) is 6.39. The molecule has 0 spiro atoms. The first-order valence-corrected chi connectivity index (χ1v) is 7.16. The zero-order chi connectivity index (χ0) is 12.9. The molecule has 3 aliphatic rings. The van der Waals surface area contributed by atoms with Gasteiger partial charge in [-0.2, -0.15) is 0 Å². The van der Waals surface area contributed by atoms with Crippen molar-refractivity contribution in [2.45, 2.75) is 45.1 Å². The lowest BCUT2D eigenvalue weighted by Gasteiger charge is -2.50. The highest BCUT2D eigenvalue weighted by atomic mass is 16.2. The lowest BCUT2D eigenvalue weighted by Crippen LogP contribution is -2.61. The molecule has 4 heteroatoms. The topological polar surface area (TPSA) is 63.4 Å². The molecule has 1 saturated heterocycles. The van der Waals surface area contributed by atoms with Crippen molar-refractivity contribution in [2.24, 2.45) is 29.4 Å². The number of primary amides is 1. The Morgan fingerprint density at radius 1 is 1.22 bits per heavy atom. The van der Waals surface area contributed by atoms with Gasteiger partial charge in [0.05, 0.1) is 0 Å². The van der Waals surface area contributed by atoms with Crippen molar-refractivity contribution in [3.63, 3.8) is 0 Å². The van der Waals surface area contributed by atoms with E-state index < -0.39 is 0 Å². The average Bonchev–Trinajstić information content (AvgIpc) is 3.08. The van der Waals surface area contributed by atoms with Gasteiger partial charge in [0.2, 0.25) is 11.8 Å². The Labute approximate surface area is 108 Å². The third-order valence-corrected chi connectivity index (χ3v) is 4.75. The highest BCUT2D eigenvalue weighted by Gasteiger charge is 2.54. The third kappa shape index (κ3) is 2.13. The predicted octanol–water partition coefficient (Wildman–Crippen LogP) is 1.14. The summed E-state index contributed by atoms with van der Waals surface area (Å²) in [6.07, 6.45) is 5.45. The fraction of sp³-hybridized carbons (Fsp3) is 0.857. The van der Waals surface area contributed by atoms with E-state index in [0.717, 1.165) is 24.3 Å². The molecule has 0 radical (unpaired) electrons. The van der Waals surface area contributed by atoms with Crippen LogP contribution in [0.2, 0.25) is 0 Å². The first-order chi connectivity index (χ1) is 8.58. The van der Waals surface area contributed by atoms with Gasteiger partial charge >= 0.3 is 0 Å². The Morgan fingerprint density at radius 3 is 2.33 bits per heavy atom. The van der Waals surface area contributed by atoms with E-state index in [1.165, 1.54) is 25.7 Å². The number of rotatable bonds is 5. The molecule has 3 fully saturated rings. The summed E-state index contributed by atoms with van der Waals surface area (Å²) in [6, 6.07) is 0.486. The maximum absolute atomic E-state index is 12.3. The van der Waals surface area contributed by atoms with Gasteiger partial charge in [0.1, 0.15) is 0 Å². The van der Waals surface area contributed by atoms with Crippen molar-refractivity contribution in [3.05, 3.63) is 0 Å². The molecular weight excluding hydrogens is 228 g/mol. The molecule has 0 aromatic heterocycles. The van der Waals surface area contributed by atoms with Gasteiger partial charge in [0.25, 0.3) is 0 Å². The van der Waals surface area contributed by atoms with Gasteiger partial charge in [-0.25, -0.2) is 0 Å². The second kappa shape index (κ2) is 4.25. The van der Waals surface area contributed by atoms with E-state index in [4.69, 9.17) is 5.73 Å². The highest BCUT2D eigenvalue weighted by molar-refractivity contribution is 5.85. The van der Waals surface area contributed by atoms with Crippen LogP contribution < -0.4 is 5.73 Å². The van der Waals surface area contributed by atoms with E-state index in [2.05, 4.69) is 0 Å². The van der Waals surface area contributed by atoms with E-state index in [0.29, 0.717) is 6.04 Å². The zero-order valence-electron chi connectivity index (χ0n) is 11.0. The number of hydrogen-bond donors (Lipinski definition) is 1. The normalized spacial score (nSPS) is 32.8. The van der Waals surface area contributed by atoms with Gasteiger partial charge in [-0.05, 0) is 37.5 Å². The van der Waals surface area contributed by atoms with Crippen molar-refractivity contribution >= 4 is 11.8 Å². The summed E-state index contributed by atoms with van der Waals surface area (Å²) in [7, 11) is 0. The monoisotopic (exact) mass is 250 g/mol. The van der Waals surface area contributed by atoms with Crippen LogP contribution in [0, 0.1) is 23.7 Å². The van der Waals surface area contributed by atoms with Crippen LogP contribution in [0.1, 0.15) is 39.0 Å². The number of likely N-dealkylation sites (tertiary alicyclic amines) is 1. The van der Waals surface area contributed by atoms with Gasteiger partial charge in [0.15, 0.2) is 0 Å². The molecule has 2 aliphatic carbocycles. The molecule has 3 rings (SSSR count). The van der Waals surface area contributed by atoms with Crippen LogP contribution in [0.15, 0.2) is 0 Å². The van der Waals surface area contributed by atoms with Crippen LogP contribution in [0.25, 0.3) is 0 Å². The summed E-state index contributed by atoms with van der Waals surface area (Å²) in [5.74, 6) is 1.90. The van der Waals surface area contributed by atoms with Crippen molar-refractivity contribution in [2.75, 3.05) is 6.54 Å². The molecule has 0 aromatic rings. The summed E-state index contributed by atoms with van der Waals surface area (Å²) in [4.78, 5) is 25.3. The standard InChI is InChI=1S/C14H22N2O2/c1-8(6-12(15)17)14(18)16-7-11(9-2-3-9)13(16)10-4-5-10/h8-11,13H,2-7H2,1H3,(H2,15,17). The lowest BCUT2D eigenvalue weighted by molar-refractivity contribution is -0.151. The van der Waals surface area contributed by atoms with Crippen LogP contribution in [0.3, 0.4) is 0 Å². The molecular formula is C14H22N2O2. The Hall–Kier alpha value is -1.06. The van der Waals surface area contributed by atoms with Crippen LogP contribution in [-0.2, 0) is 9.59 Å². The van der Waals surface area contributed by atoms with E-state index in [-0.39, 0.29) is 24.2 Å². The van der Waals surface area contributed by atoms with Gasteiger partial charge in [-0.1, -0.05) is 6.92 Å². The van der Waals surface area contributed by atoms with Gasteiger partial charge < -0.3 is 10.6 Å². The van der Waals surface area contributed by atoms with E-state index >= 15 is 0 Å². The van der Waals surface area contributed by atoms with Crippen LogP contribution in [-0.4, -0.2) is 29.3 Å². The Morgan fingerprint density at radius 2 is 1.83 bits per heavy atom. The largest absolute Gasteiger partial charge is 0.370 e. The summed E-state index contributed by atoms with van der Waals surface area (Å²) >= 11 is 0. The number of hydrogen-bond acceptors (Lipinski definition) is 2. The number of carbonyl (C=O) groups is 2. The van der Waals surface area contributed by atoms with Crippen molar-refractivity contribution < 1.29 is 9.59 Å². The smallest absolute Gasteiger partial charge is 0.226 e. The molecule has 3 atom stereocenters. The molecule has 100 valence electrons. The fourth-order valence-electron chi connectivity index (χ4n) is 3.45. The molecule has 2 N–H and O–H groups in total. The fourth-order valence-corrected chi connectivity index (χ4v) is 3.45. The maximum atomic E-state index is 12.3. The van der Waals surface area contributed by atoms with Crippen molar-refractivity contribution in [1.82, 2.24) is 4.90 Å². The van der Waals surface area contributed by atoms with Crippen LogP contribution in [0.5, 0.6) is 0 Å². The minimum atomic E-state index is -0.377. The average molecular weight is 250 g/mol. The van der Waals surface area contributed by atoms with Crippen LogP contribution >= 0.6 is 0 Å². The van der Waals surface area contributed by atoms with Crippen LogP contribution in [0.4, 0.5) is 0 Å². The number of amides is 2. The maximum Gasteiger partial charge on any atom is 0.226 e. The summed E-state index contributed by atoms with van der Waals surface area (Å²) < 4.78 is 0. The molecule has 1 aliphatic heterocycles. The minimum Gasteiger partial charge on any atom is -0.370 e. The molecule has 2 amide bonds. The Balaban J connectivity index is 1.61. The molecule has 0 aromatic carbocycles. The van der Waals surface area contributed by atoms with Gasteiger partial charge in [0, 0.05) is 30.8 Å². The number of nitrogens with zero attached hydrogens (tertiary/aromatic N) is 1. The molecule has 0 bridgehead atoms. The zero-order valence-corrected chi connectivity index (χ0v) is 11.0. The van der Waals surface area contributed by atoms with Gasteiger partial charge in [-0.15, -0.1) is 0 Å². The van der Waals surface area contributed by atoms with E-state index in [1.54, 1.807) is 0 Å². The Bertz CT molecular complexity index is 374. The molecule has 1 heterocycles. The molecule has 18 heavy (non-hydrogen) atoms. The minimum absolute atomic E-state index is 0.141. The number of nitrogens with two attached hydrogens (primary N) is 1. The quantitative estimate of drug-likeness (QED) is 0.795. The first-order valence-electron chi connectivity index (χ1n) is 7.16. The van der Waals surface area contributed by atoms with E-state index in [1.807, 2.05) is 11.8 Å². The Kier molecular flexibility index (Phi) is 2.83. The highest BCUT2D eigenvalue weighted by Crippen LogP contribution is 2.52. The van der Waals surface area contributed by atoms with Gasteiger partial charge in [-0.3, -0.25) is 9.59 Å². The summed E-state index contributed by atoms with van der Waals surface area (Å²) in [5, 5.41) is 0. The summed E-state index contributed by atoms with van der Waals surface area (Å²) in [6.45, 7) is 2.75. The van der Waals surface area contributed by atoms with Crippen molar-refractivity contribution in [1.29, 1.82) is 0 Å². The molecule has 4 nitrogen and oxygen atoms in total. The van der Waals surface area contributed by atoms with E-state index in [9.17, 15) is 9.59 Å². The second-order valence-corrected chi connectivity index (χ2v) is 6.39. The first kappa shape index (κ1) is 12.0. The lowest BCUT2D eigenvalue weighted by atomic mass is 9.80. The molecule has 2 saturated carbocycles. The molecule has 3 unspecified atom stereocenters.